The summed E-state index contributed by atoms with van der Waals surface area (Å²) in [5.74, 6) is -0.479. The van der Waals surface area contributed by atoms with Gasteiger partial charge in [-0.15, -0.1) is 0 Å². The predicted octanol–water partition coefficient (Wildman–Crippen LogP) is 3.35. The minimum atomic E-state index is -0.533. The van der Waals surface area contributed by atoms with Gasteiger partial charge in [0.1, 0.15) is 19.0 Å². The highest BCUT2D eigenvalue weighted by molar-refractivity contribution is 5.75. The third-order valence-electron chi connectivity index (χ3n) is 3.27. The van der Waals surface area contributed by atoms with E-state index in [-0.39, 0.29) is 13.2 Å². The zero-order chi connectivity index (χ0) is 17.1. The van der Waals surface area contributed by atoms with Crippen LogP contribution >= 0.6 is 0 Å². The number of aryl methyl sites for hydroxylation is 2. The molecule has 0 radical (unpaired) electrons. The minimum absolute atomic E-state index is 0.240. The van der Waals surface area contributed by atoms with Crippen molar-refractivity contribution in [3.8, 4) is 5.75 Å². The molecule has 0 amide bonds. The highest BCUT2D eigenvalue weighted by atomic mass is 16.6. The van der Waals surface area contributed by atoms with Gasteiger partial charge >= 0.3 is 11.9 Å². The number of carbonyl (C=O) groups excluding carboxylic acids is 2. The number of unbranched alkanes of at least 4 members (excludes halogenated alkanes) is 3. The molecule has 128 valence electrons. The Balaban J connectivity index is 2.18. The first kappa shape index (κ1) is 19.2. The van der Waals surface area contributed by atoms with Crippen LogP contribution in [0.2, 0.25) is 0 Å². The summed E-state index contributed by atoms with van der Waals surface area (Å²) in [6.45, 7) is 5.78. The zero-order valence-corrected chi connectivity index (χ0v) is 14.2. The molecule has 5 heteroatoms. The lowest BCUT2D eigenvalue weighted by atomic mass is 10.1. The molecule has 0 heterocycles. The van der Waals surface area contributed by atoms with Crippen molar-refractivity contribution in [1.29, 1.82) is 0 Å². The van der Waals surface area contributed by atoms with Gasteiger partial charge in [-0.05, 0) is 37.5 Å². The molecular weight excluding hydrogens is 296 g/mol. The maximum Gasteiger partial charge on any atom is 0.337 e. The van der Waals surface area contributed by atoms with Crippen molar-refractivity contribution in [1.82, 2.24) is 0 Å². The molecule has 0 fully saturated rings. The van der Waals surface area contributed by atoms with Crippen molar-refractivity contribution >= 4 is 11.9 Å². The summed E-state index contributed by atoms with van der Waals surface area (Å²) in [5, 5.41) is 0. The van der Waals surface area contributed by atoms with Crippen LogP contribution < -0.4 is 4.74 Å². The maximum absolute atomic E-state index is 11.7. The quantitative estimate of drug-likeness (QED) is 0.375. The number of rotatable bonds is 10. The van der Waals surface area contributed by atoms with Gasteiger partial charge in [-0.3, -0.25) is 0 Å². The predicted molar refractivity (Wildman–Crippen MR) is 87.5 cm³/mol. The molecule has 1 aromatic rings. The van der Waals surface area contributed by atoms with Crippen LogP contribution in [0.1, 0.15) is 43.7 Å². The van der Waals surface area contributed by atoms with E-state index >= 15 is 0 Å². The lowest BCUT2D eigenvalue weighted by Crippen LogP contribution is -2.20. The highest BCUT2D eigenvalue weighted by Crippen LogP contribution is 2.19. The SMILES string of the molecule is CCCCCCOC(=O)COCC(=O)Oc1cc(C)ccc1C. The summed E-state index contributed by atoms with van der Waals surface area (Å²) < 4.78 is 15.3. The molecule has 0 aliphatic rings. The van der Waals surface area contributed by atoms with E-state index in [9.17, 15) is 9.59 Å². The van der Waals surface area contributed by atoms with Crippen LogP contribution in [0.25, 0.3) is 0 Å². The van der Waals surface area contributed by atoms with Crippen LogP contribution in [0.4, 0.5) is 0 Å². The molecule has 0 spiro atoms. The molecule has 0 aromatic heterocycles. The molecule has 0 aliphatic heterocycles. The van der Waals surface area contributed by atoms with Crippen LogP contribution in [0, 0.1) is 13.8 Å². The fraction of sp³-hybridized carbons (Fsp3) is 0.556. The van der Waals surface area contributed by atoms with E-state index in [1.165, 1.54) is 0 Å². The first-order valence-corrected chi connectivity index (χ1v) is 8.04. The smallest absolute Gasteiger partial charge is 0.337 e. The topological polar surface area (TPSA) is 61.8 Å². The Morgan fingerprint density at radius 1 is 1.00 bits per heavy atom. The average Bonchev–Trinajstić information content (AvgIpc) is 2.50. The Kier molecular flexibility index (Phi) is 8.98. The number of hydrogen-bond acceptors (Lipinski definition) is 5. The Labute approximate surface area is 137 Å². The lowest BCUT2D eigenvalue weighted by Gasteiger charge is -2.09. The van der Waals surface area contributed by atoms with Gasteiger partial charge in [0.15, 0.2) is 0 Å². The van der Waals surface area contributed by atoms with Crippen molar-refractivity contribution in [2.45, 2.75) is 46.5 Å². The van der Waals surface area contributed by atoms with E-state index in [0.29, 0.717) is 12.4 Å². The molecule has 0 unspecified atom stereocenters. The van der Waals surface area contributed by atoms with Gasteiger partial charge in [0.05, 0.1) is 6.61 Å². The third kappa shape index (κ3) is 8.35. The molecular formula is C18H26O5. The summed E-state index contributed by atoms with van der Waals surface area (Å²) >= 11 is 0. The summed E-state index contributed by atoms with van der Waals surface area (Å²) in [4.78, 5) is 23.1. The van der Waals surface area contributed by atoms with E-state index in [2.05, 4.69) is 6.92 Å². The van der Waals surface area contributed by atoms with Crippen molar-refractivity contribution in [3.05, 3.63) is 29.3 Å². The van der Waals surface area contributed by atoms with Gasteiger partial charge in [0.25, 0.3) is 0 Å². The largest absolute Gasteiger partial charge is 0.464 e. The Bertz CT molecular complexity index is 510. The summed E-state index contributed by atoms with van der Waals surface area (Å²) in [6, 6.07) is 5.62. The third-order valence-corrected chi connectivity index (χ3v) is 3.27. The highest BCUT2D eigenvalue weighted by Gasteiger charge is 2.10. The maximum atomic E-state index is 11.7. The Hall–Kier alpha value is -1.88. The number of hydrogen-bond donors (Lipinski definition) is 0. The van der Waals surface area contributed by atoms with Gasteiger partial charge in [0.2, 0.25) is 0 Å². The van der Waals surface area contributed by atoms with Gasteiger partial charge < -0.3 is 14.2 Å². The first-order valence-electron chi connectivity index (χ1n) is 8.04. The molecule has 0 atom stereocenters. The number of ether oxygens (including phenoxy) is 3. The molecule has 0 aliphatic carbocycles. The number of carbonyl (C=O) groups is 2. The number of benzene rings is 1. The van der Waals surface area contributed by atoms with E-state index in [4.69, 9.17) is 14.2 Å². The van der Waals surface area contributed by atoms with Gasteiger partial charge in [-0.2, -0.15) is 0 Å². The fourth-order valence-electron chi connectivity index (χ4n) is 1.94. The lowest BCUT2D eigenvalue weighted by molar-refractivity contribution is -0.152. The molecule has 0 saturated carbocycles. The van der Waals surface area contributed by atoms with Crippen molar-refractivity contribution in [3.63, 3.8) is 0 Å². The van der Waals surface area contributed by atoms with E-state index in [1.54, 1.807) is 6.07 Å². The van der Waals surface area contributed by atoms with E-state index in [1.807, 2.05) is 26.0 Å². The second kappa shape index (κ2) is 10.8. The van der Waals surface area contributed by atoms with Crippen LogP contribution in [0.15, 0.2) is 18.2 Å². The summed E-state index contributed by atoms with van der Waals surface area (Å²) in [5.41, 5.74) is 1.88. The van der Waals surface area contributed by atoms with E-state index < -0.39 is 11.9 Å². The van der Waals surface area contributed by atoms with Gasteiger partial charge in [-0.1, -0.05) is 38.3 Å². The molecule has 1 aromatic carbocycles. The summed E-state index contributed by atoms with van der Waals surface area (Å²) in [6.07, 6.45) is 4.18. The van der Waals surface area contributed by atoms with Crippen LogP contribution in [-0.2, 0) is 19.1 Å². The fourth-order valence-corrected chi connectivity index (χ4v) is 1.94. The number of esters is 2. The monoisotopic (exact) mass is 322 g/mol. The van der Waals surface area contributed by atoms with Crippen LogP contribution in [0.3, 0.4) is 0 Å². The molecule has 1 rings (SSSR count). The Morgan fingerprint density at radius 3 is 2.48 bits per heavy atom. The molecule has 5 nitrogen and oxygen atoms in total. The van der Waals surface area contributed by atoms with Crippen molar-refractivity contribution in [2.75, 3.05) is 19.8 Å². The van der Waals surface area contributed by atoms with Crippen LogP contribution in [0.5, 0.6) is 5.75 Å². The molecule has 0 saturated heterocycles. The van der Waals surface area contributed by atoms with Gasteiger partial charge in [-0.25, -0.2) is 9.59 Å². The Morgan fingerprint density at radius 2 is 1.74 bits per heavy atom. The standard InChI is InChI=1S/C18H26O5/c1-4-5-6-7-10-22-17(19)12-21-13-18(20)23-16-11-14(2)8-9-15(16)3/h8-9,11H,4-7,10,12-13H2,1-3H3. The molecule has 0 N–H and O–H groups in total. The normalized spacial score (nSPS) is 10.4. The van der Waals surface area contributed by atoms with Crippen molar-refractivity contribution in [2.24, 2.45) is 0 Å². The van der Waals surface area contributed by atoms with Gasteiger partial charge in [0, 0.05) is 0 Å². The minimum Gasteiger partial charge on any atom is -0.464 e. The molecule has 23 heavy (non-hydrogen) atoms. The second-order valence-corrected chi connectivity index (χ2v) is 5.52. The molecule has 0 bridgehead atoms. The summed E-state index contributed by atoms with van der Waals surface area (Å²) in [7, 11) is 0. The zero-order valence-electron chi connectivity index (χ0n) is 14.2. The van der Waals surface area contributed by atoms with E-state index in [0.717, 1.165) is 36.8 Å². The average molecular weight is 322 g/mol. The second-order valence-electron chi connectivity index (χ2n) is 5.52. The van der Waals surface area contributed by atoms with Crippen LogP contribution in [-0.4, -0.2) is 31.8 Å². The first-order chi connectivity index (χ1) is 11.0. The van der Waals surface area contributed by atoms with Crippen molar-refractivity contribution < 1.29 is 23.8 Å².